The standard InChI is InChI=1S/C19H23N3O2/c1-14(15-7-5-4-6-8-15)20-13-18(23)21-17-11-9-16(10-12-17)19(24)22(2)3/h4-12,14,20H,13H2,1-3H3,(H,21,23). The summed E-state index contributed by atoms with van der Waals surface area (Å²) in [5.41, 5.74) is 2.40. The summed E-state index contributed by atoms with van der Waals surface area (Å²) in [5.74, 6) is -0.185. The second-order valence-electron chi connectivity index (χ2n) is 5.84. The zero-order chi connectivity index (χ0) is 17.5. The SMILES string of the molecule is CC(NCC(=O)Nc1ccc(C(=O)N(C)C)cc1)c1ccccc1. The number of benzene rings is 2. The Morgan fingerprint density at radius 1 is 1.00 bits per heavy atom. The highest BCUT2D eigenvalue weighted by Gasteiger charge is 2.09. The van der Waals surface area contributed by atoms with E-state index in [1.165, 1.54) is 4.90 Å². The van der Waals surface area contributed by atoms with E-state index < -0.39 is 0 Å². The van der Waals surface area contributed by atoms with Crippen LogP contribution in [0, 0.1) is 0 Å². The maximum Gasteiger partial charge on any atom is 0.253 e. The Labute approximate surface area is 142 Å². The molecule has 2 amide bonds. The fourth-order valence-electron chi connectivity index (χ4n) is 2.26. The maximum atomic E-state index is 12.0. The minimum absolute atomic E-state index is 0.0637. The van der Waals surface area contributed by atoms with Gasteiger partial charge in [0.05, 0.1) is 6.54 Å². The van der Waals surface area contributed by atoms with E-state index in [4.69, 9.17) is 0 Å². The summed E-state index contributed by atoms with van der Waals surface area (Å²) in [4.78, 5) is 25.4. The van der Waals surface area contributed by atoms with Gasteiger partial charge in [-0.3, -0.25) is 9.59 Å². The number of carbonyl (C=O) groups is 2. The summed E-state index contributed by atoms with van der Waals surface area (Å²) in [6, 6.07) is 16.9. The van der Waals surface area contributed by atoms with E-state index in [2.05, 4.69) is 10.6 Å². The highest BCUT2D eigenvalue weighted by atomic mass is 16.2. The Bertz CT molecular complexity index is 682. The summed E-state index contributed by atoms with van der Waals surface area (Å²) in [7, 11) is 3.41. The monoisotopic (exact) mass is 325 g/mol. The summed E-state index contributed by atoms with van der Waals surface area (Å²) < 4.78 is 0. The van der Waals surface area contributed by atoms with E-state index in [9.17, 15) is 9.59 Å². The molecule has 0 spiro atoms. The lowest BCUT2D eigenvalue weighted by molar-refractivity contribution is -0.115. The maximum absolute atomic E-state index is 12.0. The summed E-state index contributed by atoms with van der Waals surface area (Å²) in [6.07, 6.45) is 0. The number of carbonyl (C=O) groups excluding carboxylic acids is 2. The molecule has 0 aliphatic heterocycles. The molecule has 0 bridgehead atoms. The number of hydrogen-bond donors (Lipinski definition) is 2. The molecule has 5 nitrogen and oxygen atoms in total. The lowest BCUT2D eigenvalue weighted by Crippen LogP contribution is -2.30. The van der Waals surface area contributed by atoms with Crippen molar-refractivity contribution in [2.45, 2.75) is 13.0 Å². The lowest BCUT2D eigenvalue weighted by atomic mass is 10.1. The van der Waals surface area contributed by atoms with Crippen molar-refractivity contribution in [1.29, 1.82) is 0 Å². The van der Waals surface area contributed by atoms with E-state index in [-0.39, 0.29) is 24.4 Å². The van der Waals surface area contributed by atoms with Gasteiger partial charge in [-0.2, -0.15) is 0 Å². The normalized spacial score (nSPS) is 11.6. The highest BCUT2D eigenvalue weighted by molar-refractivity contribution is 5.96. The first-order chi connectivity index (χ1) is 11.5. The summed E-state index contributed by atoms with van der Waals surface area (Å²) in [5, 5.41) is 6.01. The van der Waals surface area contributed by atoms with Crippen molar-refractivity contribution in [1.82, 2.24) is 10.2 Å². The highest BCUT2D eigenvalue weighted by Crippen LogP contribution is 2.12. The molecule has 5 heteroatoms. The van der Waals surface area contributed by atoms with Crippen LogP contribution >= 0.6 is 0 Å². The van der Waals surface area contributed by atoms with E-state index in [0.717, 1.165) is 5.56 Å². The van der Waals surface area contributed by atoms with Gasteiger partial charge >= 0.3 is 0 Å². The molecule has 2 N–H and O–H groups in total. The van der Waals surface area contributed by atoms with Crippen molar-refractivity contribution < 1.29 is 9.59 Å². The molecule has 0 aliphatic rings. The van der Waals surface area contributed by atoms with Gasteiger partial charge in [0.2, 0.25) is 5.91 Å². The Hall–Kier alpha value is -2.66. The van der Waals surface area contributed by atoms with Crippen LogP contribution in [-0.4, -0.2) is 37.4 Å². The van der Waals surface area contributed by atoms with Crippen molar-refractivity contribution in [2.75, 3.05) is 26.0 Å². The van der Waals surface area contributed by atoms with Crippen LogP contribution in [0.4, 0.5) is 5.69 Å². The number of nitrogens with one attached hydrogen (secondary N) is 2. The number of anilines is 1. The Morgan fingerprint density at radius 2 is 1.62 bits per heavy atom. The zero-order valence-electron chi connectivity index (χ0n) is 14.2. The third kappa shape index (κ3) is 4.93. The van der Waals surface area contributed by atoms with Gasteiger partial charge < -0.3 is 15.5 Å². The molecule has 2 aromatic rings. The first kappa shape index (κ1) is 17.7. The van der Waals surface area contributed by atoms with Crippen LogP contribution in [0.1, 0.15) is 28.9 Å². The Morgan fingerprint density at radius 3 is 2.21 bits per heavy atom. The average Bonchev–Trinajstić information content (AvgIpc) is 2.60. The minimum Gasteiger partial charge on any atom is -0.345 e. The van der Waals surface area contributed by atoms with Gasteiger partial charge in [-0.25, -0.2) is 0 Å². The van der Waals surface area contributed by atoms with Gasteiger partial charge in [-0.1, -0.05) is 30.3 Å². The molecule has 2 rings (SSSR count). The number of amides is 2. The number of rotatable bonds is 6. The quantitative estimate of drug-likeness (QED) is 0.858. The second-order valence-corrected chi connectivity index (χ2v) is 5.84. The van der Waals surface area contributed by atoms with Crippen LogP contribution in [-0.2, 0) is 4.79 Å². The van der Waals surface area contributed by atoms with Gasteiger partial charge in [-0.05, 0) is 36.8 Å². The van der Waals surface area contributed by atoms with Gasteiger partial charge in [0, 0.05) is 31.4 Å². The van der Waals surface area contributed by atoms with Crippen molar-refractivity contribution in [3.8, 4) is 0 Å². The second kappa shape index (κ2) is 8.26. The van der Waals surface area contributed by atoms with Crippen LogP contribution in [0.2, 0.25) is 0 Å². The largest absolute Gasteiger partial charge is 0.345 e. The van der Waals surface area contributed by atoms with E-state index in [0.29, 0.717) is 11.3 Å². The summed E-state index contributed by atoms with van der Waals surface area (Å²) in [6.45, 7) is 2.23. The fourth-order valence-corrected chi connectivity index (χ4v) is 2.26. The molecule has 1 atom stereocenters. The molecule has 2 aromatic carbocycles. The van der Waals surface area contributed by atoms with Gasteiger partial charge in [0.1, 0.15) is 0 Å². The fraction of sp³-hybridized carbons (Fsp3) is 0.263. The van der Waals surface area contributed by atoms with E-state index in [1.807, 2.05) is 37.3 Å². The molecular formula is C19H23N3O2. The minimum atomic E-state index is -0.121. The smallest absolute Gasteiger partial charge is 0.253 e. The third-order valence-electron chi connectivity index (χ3n) is 3.69. The molecule has 0 radical (unpaired) electrons. The molecule has 0 fully saturated rings. The molecule has 0 aliphatic carbocycles. The van der Waals surface area contributed by atoms with Crippen LogP contribution in [0.15, 0.2) is 54.6 Å². The third-order valence-corrected chi connectivity index (χ3v) is 3.69. The molecule has 0 saturated heterocycles. The molecular weight excluding hydrogens is 302 g/mol. The molecule has 24 heavy (non-hydrogen) atoms. The van der Waals surface area contributed by atoms with E-state index >= 15 is 0 Å². The van der Waals surface area contributed by atoms with Crippen LogP contribution in [0.25, 0.3) is 0 Å². The van der Waals surface area contributed by atoms with Gasteiger partial charge in [0.15, 0.2) is 0 Å². The average molecular weight is 325 g/mol. The molecule has 0 heterocycles. The van der Waals surface area contributed by atoms with E-state index in [1.54, 1.807) is 38.4 Å². The predicted molar refractivity (Wildman–Crippen MR) is 95.9 cm³/mol. The number of nitrogens with zero attached hydrogens (tertiary/aromatic N) is 1. The van der Waals surface area contributed by atoms with Gasteiger partial charge in [-0.15, -0.1) is 0 Å². The zero-order valence-corrected chi connectivity index (χ0v) is 14.2. The van der Waals surface area contributed by atoms with Crippen molar-refractivity contribution >= 4 is 17.5 Å². The van der Waals surface area contributed by atoms with Crippen molar-refractivity contribution in [3.05, 3.63) is 65.7 Å². The molecule has 0 saturated carbocycles. The topological polar surface area (TPSA) is 61.4 Å². The Balaban J connectivity index is 1.85. The van der Waals surface area contributed by atoms with Crippen LogP contribution in [0.5, 0.6) is 0 Å². The van der Waals surface area contributed by atoms with Crippen molar-refractivity contribution in [2.24, 2.45) is 0 Å². The number of hydrogen-bond acceptors (Lipinski definition) is 3. The molecule has 0 aromatic heterocycles. The first-order valence-electron chi connectivity index (χ1n) is 7.87. The predicted octanol–water partition coefficient (Wildman–Crippen LogP) is 2.68. The van der Waals surface area contributed by atoms with Crippen LogP contribution in [0.3, 0.4) is 0 Å². The van der Waals surface area contributed by atoms with Gasteiger partial charge in [0.25, 0.3) is 5.91 Å². The lowest BCUT2D eigenvalue weighted by Gasteiger charge is -2.14. The van der Waals surface area contributed by atoms with Crippen molar-refractivity contribution in [3.63, 3.8) is 0 Å². The van der Waals surface area contributed by atoms with Crippen LogP contribution < -0.4 is 10.6 Å². The molecule has 1 unspecified atom stereocenters. The summed E-state index contributed by atoms with van der Waals surface area (Å²) >= 11 is 0. The molecule has 126 valence electrons. The first-order valence-corrected chi connectivity index (χ1v) is 7.87. The Kier molecular flexibility index (Phi) is 6.09.